The minimum atomic E-state index is -4.38. The van der Waals surface area contributed by atoms with E-state index in [9.17, 15) is 18.0 Å². The second-order valence-corrected chi connectivity index (χ2v) is 5.80. The maximum atomic E-state index is 12.6. The molecule has 2 aromatic heterocycles. The molecule has 130 valence electrons. The van der Waals surface area contributed by atoms with Crippen molar-refractivity contribution in [3.05, 3.63) is 52.8 Å². The summed E-state index contributed by atoms with van der Waals surface area (Å²) < 4.78 is 39.5. The lowest BCUT2D eigenvalue weighted by molar-refractivity contribution is -0.137. The number of rotatable bonds is 3. The van der Waals surface area contributed by atoms with E-state index in [0.717, 1.165) is 12.1 Å². The van der Waals surface area contributed by atoms with Crippen LogP contribution in [0.25, 0.3) is 10.9 Å². The Bertz CT molecular complexity index is 935. The van der Waals surface area contributed by atoms with Crippen LogP contribution >= 0.6 is 11.6 Å². The molecule has 0 aliphatic carbocycles. The van der Waals surface area contributed by atoms with Crippen molar-refractivity contribution < 1.29 is 18.0 Å². The molecule has 0 radical (unpaired) electrons. The standard InChI is InChI=1S/C16H12ClF3N4O/c1-9(25)22-15-14-12(17)6-21-7-13(14)24(23-15)8-10-2-4-11(5-3-10)16(18,19)20/h2-7H,8H2,1H3,(H,22,23,25). The minimum Gasteiger partial charge on any atom is -0.309 e. The predicted molar refractivity (Wildman–Crippen MR) is 87.4 cm³/mol. The van der Waals surface area contributed by atoms with E-state index in [-0.39, 0.29) is 18.3 Å². The zero-order valence-corrected chi connectivity index (χ0v) is 13.7. The third-order valence-corrected chi connectivity index (χ3v) is 3.81. The molecule has 3 aromatic rings. The van der Waals surface area contributed by atoms with Crippen LogP contribution in [0.15, 0.2) is 36.7 Å². The molecular formula is C16H12ClF3N4O. The van der Waals surface area contributed by atoms with Gasteiger partial charge in [0, 0.05) is 13.1 Å². The SMILES string of the molecule is CC(=O)Nc1nn(Cc2ccc(C(F)(F)F)cc2)c2cncc(Cl)c12. The van der Waals surface area contributed by atoms with Crippen molar-refractivity contribution in [3.8, 4) is 0 Å². The summed E-state index contributed by atoms with van der Waals surface area (Å²) in [6.45, 7) is 1.55. The van der Waals surface area contributed by atoms with Gasteiger partial charge in [-0.05, 0) is 17.7 Å². The molecule has 5 nitrogen and oxygen atoms in total. The highest BCUT2D eigenvalue weighted by Crippen LogP contribution is 2.31. The maximum absolute atomic E-state index is 12.6. The van der Waals surface area contributed by atoms with Crippen molar-refractivity contribution in [2.75, 3.05) is 5.32 Å². The summed E-state index contributed by atoms with van der Waals surface area (Å²) in [5.41, 5.74) is 0.466. The Balaban J connectivity index is 1.99. The Labute approximate surface area is 145 Å². The number of anilines is 1. The zero-order valence-electron chi connectivity index (χ0n) is 12.9. The van der Waals surface area contributed by atoms with E-state index >= 15 is 0 Å². The molecule has 0 aliphatic rings. The third kappa shape index (κ3) is 3.58. The van der Waals surface area contributed by atoms with Crippen LogP contribution in [-0.4, -0.2) is 20.7 Å². The first-order valence-electron chi connectivity index (χ1n) is 7.19. The molecule has 0 bridgehead atoms. The summed E-state index contributed by atoms with van der Waals surface area (Å²) in [5.74, 6) is -0.0317. The number of halogens is 4. The molecule has 0 unspecified atom stereocenters. The van der Waals surface area contributed by atoms with Crippen LogP contribution in [-0.2, 0) is 17.5 Å². The van der Waals surface area contributed by atoms with Crippen molar-refractivity contribution in [3.63, 3.8) is 0 Å². The molecule has 0 fully saturated rings. The Kier molecular flexibility index (Phi) is 4.38. The molecule has 9 heteroatoms. The van der Waals surface area contributed by atoms with Crippen LogP contribution in [0, 0.1) is 0 Å². The number of hydrogen-bond acceptors (Lipinski definition) is 3. The number of carbonyl (C=O) groups excluding carboxylic acids is 1. The number of aromatic nitrogens is 3. The molecule has 0 saturated carbocycles. The normalized spacial score (nSPS) is 11.7. The fourth-order valence-corrected chi connectivity index (χ4v) is 2.67. The number of nitrogens with one attached hydrogen (secondary N) is 1. The second kappa shape index (κ2) is 6.36. The lowest BCUT2D eigenvalue weighted by Gasteiger charge is -2.08. The fourth-order valence-electron chi connectivity index (χ4n) is 2.43. The minimum absolute atomic E-state index is 0.205. The van der Waals surface area contributed by atoms with Crippen molar-refractivity contribution in [2.45, 2.75) is 19.6 Å². The maximum Gasteiger partial charge on any atom is 0.416 e. The van der Waals surface area contributed by atoms with Gasteiger partial charge in [0.2, 0.25) is 5.91 Å². The summed E-state index contributed by atoms with van der Waals surface area (Å²) in [6, 6.07) is 4.79. The summed E-state index contributed by atoms with van der Waals surface area (Å²) in [7, 11) is 0. The Hall–Kier alpha value is -2.61. The average molecular weight is 369 g/mol. The van der Waals surface area contributed by atoms with Gasteiger partial charge < -0.3 is 5.32 Å². The topological polar surface area (TPSA) is 59.8 Å². The monoisotopic (exact) mass is 368 g/mol. The van der Waals surface area contributed by atoms with Gasteiger partial charge in [-0.15, -0.1) is 0 Å². The van der Waals surface area contributed by atoms with E-state index in [2.05, 4.69) is 15.4 Å². The van der Waals surface area contributed by atoms with Crippen LogP contribution in [0.1, 0.15) is 18.1 Å². The first-order chi connectivity index (χ1) is 11.8. The van der Waals surface area contributed by atoms with Crippen LogP contribution in [0.3, 0.4) is 0 Å². The number of pyridine rings is 1. The molecule has 0 aliphatic heterocycles. The van der Waals surface area contributed by atoms with Gasteiger partial charge in [-0.3, -0.25) is 14.5 Å². The Morgan fingerprint density at radius 3 is 2.52 bits per heavy atom. The number of alkyl halides is 3. The summed E-state index contributed by atoms with van der Waals surface area (Å²) >= 11 is 6.14. The first kappa shape index (κ1) is 17.2. The summed E-state index contributed by atoms with van der Waals surface area (Å²) in [6.07, 6.45) is -1.42. The van der Waals surface area contributed by atoms with Crippen molar-refractivity contribution in [2.24, 2.45) is 0 Å². The van der Waals surface area contributed by atoms with Crippen molar-refractivity contribution in [1.29, 1.82) is 0 Å². The lowest BCUT2D eigenvalue weighted by atomic mass is 10.1. The molecule has 1 amide bonds. The molecule has 3 rings (SSSR count). The molecule has 0 saturated heterocycles. The molecule has 25 heavy (non-hydrogen) atoms. The van der Waals surface area contributed by atoms with Gasteiger partial charge in [0.25, 0.3) is 0 Å². The number of benzene rings is 1. The average Bonchev–Trinajstić information content (AvgIpc) is 2.85. The van der Waals surface area contributed by atoms with Gasteiger partial charge in [-0.2, -0.15) is 18.3 Å². The van der Waals surface area contributed by atoms with Crippen LogP contribution in [0.2, 0.25) is 5.02 Å². The van der Waals surface area contributed by atoms with Crippen LogP contribution < -0.4 is 5.32 Å². The van der Waals surface area contributed by atoms with Crippen LogP contribution in [0.4, 0.5) is 19.0 Å². The highest BCUT2D eigenvalue weighted by Gasteiger charge is 2.30. The second-order valence-electron chi connectivity index (χ2n) is 5.40. The highest BCUT2D eigenvalue weighted by molar-refractivity contribution is 6.36. The number of hydrogen-bond donors (Lipinski definition) is 1. The summed E-state index contributed by atoms with van der Waals surface area (Å²) in [5, 5.41) is 7.73. The number of carbonyl (C=O) groups is 1. The number of fused-ring (bicyclic) bond motifs is 1. The number of amides is 1. The fraction of sp³-hybridized carbons (Fsp3) is 0.188. The molecule has 1 N–H and O–H groups in total. The van der Waals surface area contributed by atoms with Gasteiger partial charge in [-0.25, -0.2) is 0 Å². The summed E-state index contributed by atoms with van der Waals surface area (Å²) in [4.78, 5) is 15.3. The molecule has 2 heterocycles. The largest absolute Gasteiger partial charge is 0.416 e. The van der Waals surface area contributed by atoms with Gasteiger partial charge in [-0.1, -0.05) is 23.7 Å². The van der Waals surface area contributed by atoms with E-state index in [1.807, 2.05) is 0 Å². The molecular weight excluding hydrogens is 357 g/mol. The Morgan fingerprint density at radius 1 is 1.24 bits per heavy atom. The van der Waals surface area contributed by atoms with Gasteiger partial charge >= 0.3 is 6.18 Å². The zero-order chi connectivity index (χ0) is 18.2. The van der Waals surface area contributed by atoms with Gasteiger partial charge in [0.1, 0.15) is 0 Å². The van der Waals surface area contributed by atoms with Gasteiger partial charge in [0.15, 0.2) is 5.82 Å². The smallest absolute Gasteiger partial charge is 0.309 e. The third-order valence-electron chi connectivity index (χ3n) is 3.52. The lowest BCUT2D eigenvalue weighted by Crippen LogP contribution is -2.08. The first-order valence-corrected chi connectivity index (χ1v) is 7.57. The van der Waals surface area contributed by atoms with E-state index in [1.165, 1.54) is 36.1 Å². The highest BCUT2D eigenvalue weighted by atomic mass is 35.5. The van der Waals surface area contributed by atoms with Crippen molar-refractivity contribution in [1.82, 2.24) is 14.8 Å². The molecule has 0 spiro atoms. The Morgan fingerprint density at radius 2 is 1.92 bits per heavy atom. The predicted octanol–water partition coefficient (Wildman–Crippen LogP) is 4.11. The van der Waals surface area contributed by atoms with E-state index in [0.29, 0.717) is 21.5 Å². The quantitative estimate of drug-likeness (QED) is 0.756. The molecule has 0 atom stereocenters. The van der Waals surface area contributed by atoms with Crippen LogP contribution in [0.5, 0.6) is 0 Å². The van der Waals surface area contributed by atoms with E-state index in [4.69, 9.17) is 11.6 Å². The molecule has 1 aromatic carbocycles. The van der Waals surface area contributed by atoms with Crippen molar-refractivity contribution >= 4 is 34.2 Å². The van der Waals surface area contributed by atoms with Gasteiger partial charge in [0.05, 0.1) is 34.2 Å². The van der Waals surface area contributed by atoms with E-state index in [1.54, 1.807) is 0 Å². The van der Waals surface area contributed by atoms with E-state index < -0.39 is 11.7 Å². The number of nitrogens with zero attached hydrogens (tertiary/aromatic N) is 3.